The normalized spacial score (nSPS) is 13.8. The van der Waals surface area contributed by atoms with Gasteiger partial charge in [0.15, 0.2) is 5.82 Å². The lowest BCUT2D eigenvalue weighted by Crippen LogP contribution is -2.14. The largest absolute Gasteiger partial charge is 0.497 e. The van der Waals surface area contributed by atoms with Crippen LogP contribution in [0, 0.1) is 0 Å². The van der Waals surface area contributed by atoms with Gasteiger partial charge in [0.05, 0.1) is 37.3 Å². The average Bonchev–Trinajstić information content (AvgIpc) is 3.59. The Bertz CT molecular complexity index is 1830. The molecule has 4 rings (SSSR count). The van der Waals surface area contributed by atoms with E-state index in [4.69, 9.17) is 9.47 Å². The van der Waals surface area contributed by atoms with Crippen molar-refractivity contribution in [1.82, 2.24) is 19.7 Å². The third-order valence-corrected chi connectivity index (χ3v) is 11.5. The first kappa shape index (κ1) is 34.9. The van der Waals surface area contributed by atoms with Gasteiger partial charge in [0.2, 0.25) is 0 Å². The monoisotopic (exact) mass is 749 g/mol. The third kappa shape index (κ3) is 8.26. The quantitative estimate of drug-likeness (QED) is 0.0671. The van der Waals surface area contributed by atoms with Crippen LogP contribution < -0.4 is 9.47 Å². The highest BCUT2D eigenvalue weighted by atomic mass is 79.9. The predicted octanol–water partition coefficient (Wildman–Crippen LogP) is 5.94. The summed E-state index contributed by atoms with van der Waals surface area (Å²) in [5, 5.41) is 4.79. The average molecular weight is 751 g/mol. The Balaban J connectivity index is 1.69. The number of fused-ring (bicyclic) bond motifs is 1. The molecule has 0 aliphatic heterocycles. The summed E-state index contributed by atoms with van der Waals surface area (Å²) in [5.41, 5.74) is -2.88. The molecule has 12 nitrogen and oxygen atoms in total. The minimum absolute atomic E-state index is 0.0549. The van der Waals surface area contributed by atoms with Gasteiger partial charge in [0.25, 0.3) is 10.0 Å². The zero-order valence-electron chi connectivity index (χ0n) is 24.7. The molecule has 0 radical (unpaired) electrons. The number of methoxy groups -OCH3 is 1. The van der Waals surface area contributed by atoms with Gasteiger partial charge in [-0.3, -0.25) is 4.57 Å². The zero-order valence-corrected chi connectivity index (χ0v) is 28.8. The highest BCUT2D eigenvalue weighted by Gasteiger charge is 2.55. The Morgan fingerprint density at radius 3 is 2.60 bits per heavy atom. The maximum absolute atomic E-state index is 15.4. The molecule has 1 atom stereocenters. The number of nitrogens with zero attached hydrogens (tertiary/aromatic N) is 5. The van der Waals surface area contributed by atoms with Gasteiger partial charge in [0, 0.05) is 29.5 Å². The van der Waals surface area contributed by atoms with Crippen molar-refractivity contribution in [3.05, 3.63) is 57.6 Å². The highest BCUT2D eigenvalue weighted by molar-refractivity contribution is 9.10. The SMILES string of the molecule is CCOP(=O)(O)C(F)(F)c1sc2c(OCCCS(=O)(=O)/N=C\N(C)C)cc(-c3ncn(Cc4ccc(OC)cc4)n3)cc2c1Br. The Morgan fingerprint density at radius 1 is 1.24 bits per heavy atom. The second-order valence-corrected chi connectivity index (χ2v) is 15.3. The molecule has 1 unspecified atom stereocenters. The minimum Gasteiger partial charge on any atom is -0.497 e. The van der Waals surface area contributed by atoms with Crippen molar-refractivity contribution < 1.29 is 40.7 Å². The minimum atomic E-state index is -5.39. The Morgan fingerprint density at radius 2 is 1.96 bits per heavy atom. The van der Waals surface area contributed by atoms with E-state index in [0.717, 1.165) is 5.56 Å². The predicted molar refractivity (Wildman–Crippen MR) is 172 cm³/mol. The van der Waals surface area contributed by atoms with E-state index in [2.05, 4.69) is 34.9 Å². The Kier molecular flexibility index (Phi) is 11.0. The van der Waals surface area contributed by atoms with Crippen molar-refractivity contribution >= 4 is 61.3 Å². The number of benzene rings is 2. The molecule has 2 aromatic heterocycles. The number of ether oxygens (including phenoxy) is 2. The van der Waals surface area contributed by atoms with Gasteiger partial charge >= 0.3 is 13.3 Å². The summed E-state index contributed by atoms with van der Waals surface area (Å²) >= 11 is 3.76. The number of hydrogen-bond acceptors (Lipinski definition) is 9. The molecule has 45 heavy (non-hydrogen) atoms. The van der Waals surface area contributed by atoms with Crippen LogP contribution in [0.15, 0.2) is 51.6 Å². The van der Waals surface area contributed by atoms with Gasteiger partial charge in [-0.05, 0) is 59.1 Å². The lowest BCUT2D eigenvalue weighted by Gasteiger charge is -2.20. The molecule has 0 aliphatic carbocycles. The van der Waals surface area contributed by atoms with Crippen molar-refractivity contribution in [2.24, 2.45) is 4.40 Å². The molecule has 4 aromatic rings. The number of rotatable bonds is 15. The second kappa shape index (κ2) is 14.2. The summed E-state index contributed by atoms with van der Waals surface area (Å²) in [7, 11) is -4.29. The number of halogens is 3. The van der Waals surface area contributed by atoms with Gasteiger partial charge in [-0.1, -0.05) is 12.1 Å². The van der Waals surface area contributed by atoms with Crippen LogP contribution in [-0.2, 0) is 31.3 Å². The zero-order chi connectivity index (χ0) is 33.0. The molecule has 1 N–H and O–H groups in total. The molecule has 2 heterocycles. The Hall–Kier alpha value is -2.95. The van der Waals surface area contributed by atoms with Crippen LogP contribution in [0.2, 0.25) is 0 Å². The van der Waals surface area contributed by atoms with Crippen LogP contribution in [0.3, 0.4) is 0 Å². The third-order valence-electron chi connectivity index (χ3n) is 6.17. The van der Waals surface area contributed by atoms with Gasteiger partial charge in [-0.15, -0.1) is 11.3 Å². The molecule has 0 amide bonds. The van der Waals surface area contributed by atoms with E-state index < -0.39 is 34.8 Å². The fourth-order valence-corrected chi connectivity index (χ4v) is 8.41. The number of alkyl halides is 2. The maximum Gasteiger partial charge on any atom is 0.402 e. The molecular weight excluding hydrogens is 719 g/mol. The van der Waals surface area contributed by atoms with E-state index in [9.17, 15) is 17.9 Å². The molecule has 0 fully saturated rings. The fraction of sp³-hybridized carbons (Fsp3) is 0.370. The Labute approximate surface area is 271 Å². The van der Waals surface area contributed by atoms with Gasteiger partial charge in [-0.25, -0.2) is 18.1 Å². The van der Waals surface area contributed by atoms with E-state index in [1.54, 1.807) is 38.0 Å². The second-order valence-electron chi connectivity index (χ2n) is 9.86. The standard InChI is InChI=1S/C27H31BrF2N5O7PS2/c1-5-42-43(36,37)27(29,30)25-23(28)21-13-19(26-31-16-35(33-26)15-18-7-9-20(40-4)10-8-18)14-22(24(21)44-25)41-11-6-12-45(38,39)32-17-34(2)3/h7-10,13-14,16-17H,5-6,11-12,15H2,1-4H3,(H,36,37)/b32-17-. The molecule has 0 bridgehead atoms. The van der Waals surface area contributed by atoms with Crippen molar-refractivity contribution in [2.75, 3.05) is 40.2 Å². The topological polar surface area (TPSA) is 145 Å². The lowest BCUT2D eigenvalue weighted by molar-refractivity contribution is 0.0495. The molecule has 0 saturated carbocycles. The maximum atomic E-state index is 15.4. The van der Waals surface area contributed by atoms with Crippen LogP contribution in [0.1, 0.15) is 23.8 Å². The first-order valence-electron chi connectivity index (χ1n) is 13.4. The number of sulfonamides is 1. The van der Waals surface area contributed by atoms with E-state index in [1.807, 2.05) is 24.3 Å². The molecule has 0 aliphatic rings. The summed E-state index contributed by atoms with van der Waals surface area (Å²) in [6.07, 6.45) is 2.76. The summed E-state index contributed by atoms with van der Waals surface area (Å²) in [6.45, 7) is 1.25. The first-order valence-corrected chi connectivity index (χ1v) is 18.2. The van der Waals surface area contributed by atoms with Crippen molar-refractivity contribution in [3.8, 4) is 22.9 Å². The van der Waals surface area contributed by atoms with Gasteiger partial charge < -0.3 is 23.8 Å². The number of aromatic nitrogens is 3. The van der Waals surface area contributed by atoms with E-state index in [0.29, 0.717) is 29.2 Å². The highest BCUT2D eigenvalue weighted by Crippen LogP contribution is 2.66. The van der Waals surface area contributed by atoms with Crippen LogP contribution in [0.4, 0.5) is 8.78 Å². The first-order chi connectivity index (χ1) is 21.2. The van der Waals surface area contributed by atoms with Crippen LogP contribution in [0.5, 0.6) is 11.5 Å². The summed E-state index contributed by atoms with van der Waals surface area (Å²) in [6, 6.07) is 10.5. The van der Waals surface area contributed by atoms with E-state index in [1.165, 1.54) is 24.5 Å². The van der Waals surface area contributed by atoms with Crippen LogP contribution >= 0.6 is 34.9 Å². The van der Waals surface area contributed by atoms with Crippen LogP contribution in [0.25, 0.3) is 21.5 Å². The lowest BCUT2D eigenvalue weighted by atomic mass is 10.1. The summed E-state index contributed by atoms with van der Waals surface area (Å²) < 4.78 is 88.6. The van der Waals surface area contributed by atoms with Crippen molar-refractivity contribution in [2.45, 2.75) is 25.6 Å². The van der Waals surface area contributed by atoms with E-state index in [-0.39, 0.29) is 44.9 Å². The number of hydrogen-bond donors (Lipinski definition) is 1. The van der Waals surface area contributed by atoms with Gasteiger partial charge in [-0.2, -0.15) is 18.3 Å². The smallest absolute Gasteiger partial charge is 0.402 e. The molecule has 18 heteroatoms. The van der Waals surface area contributed by atoms with E-state index >= 15 is 8.78 Å². The summed E-state index contributed by atoms with van der Waals surface area (Å²) in [4.78, 5) is 15.2. The van der Waals surface area contributed by atoms with Crippen LogP contribution in [-0.4, -0.2) is 79.5 Å². The van der Waals surface area contributed by atoms with Crippen molar-refractivity contribution in [1.29, 1.82) is 0 Å². The summed E-state index contributed by atoms with van der Waals surface area (Å²) in [5.74, 6) is 0.809. The number of thiophene rings is 1. The van der Waals surface area contributed by atoms with Gasteiger partial charge in [0.1, 0.15) is 29.0 Å². The molecule has 0 saturated heterocycles. The molecule has 0 spiro atoms. The van der Waals surface area contributed by atoms with Crippen molar-refractivity contribution in [3.63, 3.8) is 0 Å². The fourth-order valence-electron chi connectivity index (χ4n) is 4.02. The molecular formula is C27H31BrF2N5O7PS2. The molecule has 2 aromatic carbocycles. The molecule has 244 valence electrons.